The van der Waals surface area contributed by atoms with Gasteiger partial charge in [-0.15, -0.1) is 0 Å². The second kappa shape index (κ2) is 9.59. The molecule has 2 aromatic rings. The van der Waals surface area contributed by atoms with Crippen LogP contribution in [0.15, 0.2) is 42.5 Å². The summed E-state index contributed by atoms with van der Waals surface area (Å²) >= 11 is 5.90. The van der Waals surface area contributed by atoms with E-state index in [1.807, 2.05) is 50.8 Å². The van der Waals surface area contributed by atoms with Gasteiger partial charge in [-0.25, -0.2) is 9.64 Å². The van der Waals surface area contributed by atoms with Gasteiger partial charge in [-0.05, 0) is 101 Å². The van der Waals surface area contributed by atoms with E-state index >= 15 is 0 Å². The number of hydrogen-bond donors (Lipinski definition) is 0. The minimum Gasteiger partial charge on any atom is -0.444 e. The first kappa shape index (κ1) is 26.0. The molecule has 3 aliphatic rings. The van der Waals surface area contributed by atoms with Gasteiger partial charge in [0.1, 0.15) is 11.1 Å². The number of anilines is 3. The van der Waals surface area contributed by atoms with Gasteiger partial charge in [-0.3, -0.25) is 9.69 Å². The first-order valence-electron chi connectivity index (χ1n) is 13.0. The van der Waals surface area contributed by atoms with Gasteiger partial charge in [0.15, 0.2) is 10.8 Å². The van der Waals surface area contributed by atoms with Gasteiger partial charge in [0.05, 0.1) is 6.57 Å². The summed E-state index contributed by atoms with van der Waals surface area (Å²) in [5.74, 6) is 0.00561. The fraction of sp³-hybridized carbons (Fsp3) is 0.448. The maximum atomic E-state index is 13.7. The molecule has 1 spiro atoms. The molecule has 8 nitrogen and oxygen atoms in total. The van der Waals surface area contributed by atoms with E-state index < -0.39 is 11.1 Å². The van der Waals surface area contributed by atoms with Gasteiger partial charge in [-0.2, -0.15) is 0 Å². The highest BCUT2D eigenvalue weighted by Gasteiger charge is 2.59. The van der Waals surface area contributed by atoms with Crippen molar-refractivity contribution in [3.8, 4) is 0 Å². The van der Waals surface area contributed by atoms with Gasteiger partial charge in [0.2, 0.25) is 0 Å². The van der Waals surface area contributed by atoms with E-state index in [-0.39, 0.29) is 12.0 Å². The van der Waals surface area contributed by atoms with Crippen LogP contribution >= 0.6 is 12.2 Å². The van der Waals surface area contributed by atoms with Crippen molar-refractivity contribution in [3.05, 3.63) is 59.4 Å². The summed E-state index contributed by atoms with van der Waals surface area (Å²) in [7, 11) is 0. The molecule has 2 aromatic carbocycles. The maximum absolute atomic E-state index is 13.7. The fourth-order valence-electron chi connectivity index (χ4n) is 5.40. The van der Waals surface area contributed by atoms with E-state index in [9.17, 15) is 9.59 Å². The number of nitrogens with zero attached hydrogens (tertiary/aromatic N) is 5. The van der Waals surface area contributed by atoms with Crippen molar-refractivity contribution in [2.75, 3.05) is 40.9 Å². The van der Waals surface area contributed by atoms with E-state index in [2.05, 4.69) is 21.9 Å². The molecule has 2 heterocycles. The maximum Gasteiger partial charge on any atom is 0.410 e. The molecule has 0 N–H and O–H groups in total. The number of carbonyl (C=O) groups excluding carboxylic acids is 2. The van der Waals surface area contributed by atoms with Crippen LogP contribution < -0.4 is 14.7 Å². The van der Waals surface area contributed by atoms with Gasteiger partial charge in [0.25, 0.3) is 5.91 Å². The number of piperazine rings is 1. The van der Waals surface area contributed by atoms with Crippen molar-refractivity contribution >= 4 is 52.1 Å². The number of hydrogen-bond acceptors (Lipinski definition) is 5. The second-order valence-electron chi connectivity index (χ2n) is 11.2. The molecule has 1 aliphatic carbocycles. The minimum atomic E-state index is -0.649. The van der Waals surface area contributed by atoms with E-state index in [1.165, 1.54) is 0 Å². The zero-order valence-electron chi connectivity index (χ0n) is 22.4. The van der Waals surface area contributed by atoms with Gasteiger partial charge in [0, 0.05) is 43.2 Å². The quantitative estimate of drug-likeness (QED) is 0.376. The van der Waals surface area contributed by atoms with Gasteiger partial charge >= 0.3 is 6.09 Å². The Morgan fingerprint density at radius 1 is 1.00 bits per heavy atom. The van der Waals surface area contributed by atoms with Crippen LogP contribution in [-0.4, -0.2) is 59.3 Å². The van der Waals surface area contributed by atoms with Crippen LogP contribution in [0.5, 0.6) is 0 Å². The zero-order chi connectivity index (χ0) is 27.2. The molecule has 5 rings (SSSR count). The lowest BCUT2D eigenvalue weighted by Crippen LogP contribution is -2.55. The highest BCUT2D eigenvalue weighted by molar-refractivity contribution is 7.81. The Morgan fingerprint density at radius 2 is 1.61 bits per heavy atom. The van der Waals surface area contributed by atoms with Crippen LogP contribution in [0.4, 0.5) is 27.5 Å². The molecule has 3 fully saturated rings. The molecular formula is C29H33N5O3S. The van der Waals surface area contributed by atoms with Crippen LogP contribution in [0.1, 0.15) is 45.6 Å². The topological polar surface area (TPSA) is 60.7 Å². The summed E-state index contributed by atoms with van der Waals surface area (Å²) in [4.78, 5) is 37.4. The summed E-state index contributed by atoms with van der Waals surface area (Å²) < 4.78 is 5.51. The summed E-state index contributed by atoms with van der Waals surface area (Å²) in [6.07, 6.45) is 2.23. The predicted octanol–water partition coefficient (Wildman–Crippen LogP) is 5.66. The van der Waals surface area contributed by atoms with E-state index in [1.54, 1.807) is 21.9 Å². The zero-order valence-corrected chi connectivity index (χ0v) is 23.2. The highest BCUT2D eigenvalue weighted by Crippen LogP contribution is 2.48. The monoisotopic (exact) mass is 531 g/mol. The molecule has 0 unspecified atom stereocenters. The molecular weight excluding hydrogens is 498 g/mol. The number of rotatable bonds is 3. The average Bonchev–Trinajstić information content (AvgIpc) is 3.10. The Bertz CT molecular complexity index is 1320. The lowest BCUT2D eigenvalue weighted by Gasteiger charge is -2.43. The molecule has 1 saturated carbocycles. The number of ether oxygens (including phenoxy) is 1. The van der Waals surface area contributed by atoms with Crippen molar-refractivity contribution in [1.29, 1.82) is 0 Å². The van der Waals surface area contributed by atoms with Crippen LogP contribution in [-0.2, 0) is 9.53 Å². The van der Waals surface area contributed by atoms with Crippen LogP contribution in [0.2, 0.25) is 0 Å². The summed E-state index contributed by atoms with van der Waals surface area (Å²) in [5, 5.41) is 0.475. The van der Waals surface area contributed by atoms with E-state index in [4.69, 9.17) is 23.5 Å². The minimum absolute atomic E-state index is 0.00561. The lowest BCUT2D eigenvalue weighted by molar-refractivity contribution is -0.123. The number of carbonyl (C=O) groups is 2. The second-order valence-corrected chi connectivity index (χ2v) is 11.6. The molecule has 38 heavy (non-hydrogen) atoms. The van der Waals surface area contributed by atoms with Crippen molar-refractivity contribution in [2.24, 2.45) is 0 Å². The first-order chi connectivity index (χ1) is 18.0. The fourth-order valence-corrected chi connectivity index (χ4v) is 5.87. The molecule has 0 bridgehead atoms. The standard InChI is InChI=1S/C29H33N5O3S/c1-20-19-23(11-12-24(20)30-5)33-25(35)29(13-6-14-29)34(26(33)38)22-9-7-21(8-10-22)31-15-17-32(18-16-31)27(36)37-28(2,3)4/h7-12,19H,6,13-18H2,1-4H3. The third-order valence-electron chi connectivity index (χ3n) is 7.56. The Kier molecular flexibility index (Phi) is 6.56. The van der Waals surface area contributed by atoms with Gasteiger partial charge < -0.3 is 19.4 Å². The third-order valence-corrected chi connectivity index (χ3v) is 7.92. The largest absolute Gasteiger partial charge is 0.444 e. The van der Waals surface area contributed by atoms with Crippen molar-refractivity contribution in [1.82, 2.24) is 4.90 Å². The summed E-state index contributed by atoms with van der Waals surface area (Å²) in [5.41, 5.74) is 2.92. The van der Waals surface area contributed by atoms with Crippen LogP contribution in [0.3, 0.4) is 0 Å². The molecule has 0 atom stereocenters. The van der Waals surface area contributed by atoms with E-state index in [0.717, 1.165) is 49.3 Å². The Labute approximate surface area is 229 Å². The third kappa shape index (κ3) is 4.47. The molecule has 2 saturated heterocycles. The molecule has 2 amide bonds. The molecule has 9 heteroatoms. The summed E-state index contributed by atoms with van der Waals surface area (Å²) in [6.45, 7) is 17.5. The molecule has 0 radical (unpaired) electrons. The number of thiocarbonyl (C=S) groups is 1. The van der Waals surface area contributed by atoms with Gasteiger partial charge in [-0.1, -0.05) is 6.07 Å². The molecule has 198 valence electrons. The normalized spacial score (nSPS) is 19.0. The van der Waals surface area contributed by atoms with Crippen molar-refractivity contribution in [3.63, 3.8) is 0 Å². The summed E-state index contributed by atoms with van der Waals surface area (Å²) in [6, 6.07) is 13.6. The van der Waals surface area contributed by atoms with Crippen molar-refractivity contribution in [2.45, 2.75) is 58.1 Å². The molecule has 2 aliphatic heterocycles. The van der Waals surface area contributed by atoms with Crippen molar-refractivity contribution < 1.29 is 14.3 Å². The smallest absolute Gasteiger partial charge is 0.410 e. The predicted molar refractivity (Wildman–Crippen MR) is 153 cm³/mol. The van der Waals surface area contributed by atoms with E-state index in [0.29, 0.717) is 29.6 Å². The Balaban J connectivity index is 1.33. The first-order valence-corrected chi connectivity index (χ1v) is 13.4. The number of amides is 2. The van der Waals surface area contributed by atoms with Crippen LogP contribution in [0.25, 0.3) is 4.85 Å². The SMILES string of the molecule is [C-]#[N+]c1ccc(N2C(=O)C3(CCC3)N(c3ccc(N4CCN(C(=O)OC(C)(C)C)CC4)cc3)C2=S)cc1C. The number of benzene rings is 2. The lowest BCUT2D eigenvalue weighted by atomic mass is 9.75. The highest BCUT2D eigenvalue weighted by atomic mass is 32.1. The Hall–Kier alpha value is -3.64. The number of aryl methyl sites for hydroxylation is 1. The molecule has 0 aromatic heterocycles. The van der Waals surface area contributed by atoms with Crippen LogP contribution in [0, 0.1) is 13.5 Å². The average molecular weight is 532 g/mol. The Morgan fingerprint density at radius 3 is 2.13 bits per heavy atom.